The van der Waals surface area contributed by atoms with Crippen molar-refractivity contribution in [3.63, 3.8) is 0 Å². The summed E-state index contributed by atoms with van der Waals surface area (Å²) in [6.07, 6.45) is 0.660. The molecule has 0 N–H and O–H groups in total. The summed E-state index contributed by atoms with van der Waals surface area (Å²) in [5.41, 5.74) is 1.68. The second-order valence-corrected chi connectivity index (χ2v) is 6.24. The van der Waals surface area contributed by atoms with Crippen LogP contribution in [-0.4, -0.2) is 7.11 Å². The minimum Gasteiger partial charge on any atom is -0.495 e. The van der Waals surface area contributed by atoms with Crippen molar-refractivity contribution in [1.82, 2.24) is 0 Å². The Labute approximate surface area is 149 Å². The molecule has 130 valence electrons. The molecule has 0 saturated carbocycles. The van der Waals surface area contributed by atoms with Crippen molar-refractivity contribution >= 4 is 10.8 Å². The van der Waals surface area contributed by atoms with E-state index in [0.29, 0.717) is 29.9 Å². The smallest absolute Gasteiger partial charge is 0.137 e. The van der Waals surface area contributed by atoms with Gasteiger partial charge in [0, 0.05) is 11.1 Å². The number of halogens is 2. The lowest BCUT2D eigenvalue weighted by Gasteiger charge is -2.28. The molecule has 1 heterocycles. The Bertz CT molecular complexity index is 1060. The highest BCUT2D eigenvalue weighted by Gasteiger charge is 2.26. The first-order valence-corrected chi connectivity index (χ1v) is 8.26. The quantitative estimate of drug-likeness (QED) is 0.648. The number of aryl methyl sites for hydroxylation is 1. The van der Waals surface area contributed by atoms with Gasteiger partial charge in [0.15, 0.2) is 0 Å². The molecule has 0 fully saturated rings. The molecule has 1 atom stereocenters. The Balaban J connectivity index is 1.78. The van der Waals surface area contributed by atoms with E-state index in [1.807, 2.05) is 18.2 Å². The molecular weight excluding hydrogens is 336 g/mol. The molecule has 0 aromatic heterocycles. The van der Waals surface area contributed by atoms with Gasteiger partial charge in [0.05, 0.1) is 12.7 Å². The van der Waals surface area contributed by atoms with Crippen LogP contribution in [0.1, 0.15) is 29.2 Å². The monoisotopic (exact) mass is 351 g/mol. The third-order valence-corrected chi connectivity index (χ3v) is 4.76. The Morgan fingerprint density at radius 3 is 2.77 bits per heavy atom. The lowest BCUT2D eigenvalue weighted by molar-refractivity contribution is 0.172. The van der Waals surface area contributed by atoms with Crippen LogP contribution in [0, 0.1) is 23.0 Å². The van der Waals surface area contributed by atoms with Gasteiger partial charge in [0.2, 0.25) is 0 Å². The maximum absolute atomic E-state index is 14.1. The summed E-state index contributed by atoms with van der Waals surface area (Å²) in [5, 5.41) is 11.1. The number of hydrogen-bond donors (Lipinski definition) is 0. The summed E-state index contributed by atoms with van der Waals surface area (Å²) in [6, 6.07) is 12.8. The van der Waals surface area contributed by atoms with E-state index in [2.05, 4.69) is 6.07 Å². The van der Waals surface area contributed by atoms with E-state index in [0.717, 1.165) is 28.5 Å². The molecule has 3 nitrogen and oxygen atoms in total. The molecule has 1 unspecified atom stereocenters. The molecule has 3 aromatic rings. The van der Waals surface area contributed by atoms with Crippen LogP contribution in [0.15, 0.2) is 42.5 Å². The summed E-state index contributed by atoms with van der Waals surface area (Å²) in [6.45, 7) is 0. The predicted molar refractivity (Wildman–Crippen MR) is 93.3 cm³/mol. The predicted octanol–water partition coefficient (Wildman–Crippen LogP) is 5.06. The van der Waals surface area contributed by atoms with Gasteiger partial charge in [0.25, 0.3) is 0 Å². The molecule has 0 bridgehead atoms. The first-order valence-electron chi connectivity index (χ1n) is 8.26. The van der Waals surface area contributed by atoms with Gasteiger partial charge in [-0.1, -0.05) is 6.07 Å². The summed E-state index contributed by atoms with van der Waals surface area (Å²) in [5.74, 6) is 0.194. The lowest BCUT2D eigenvalue weighted by Crippen LogP contribution is -2.17. The number of hydrogen-bond acceptors (Lipinski definition) is 3. The van der Waals surface area contributed by atoms with Gasteiger partial charge < -0.3 is 9.47 Å². The molecule has 1 aliphatic heterocycles. The molecule has 4 rings (SSSR count). The zero-order valence-electron chi connectivity index (χ0n) is 14.1. The van der Waals surface area contributed by atoms with Crippen LogP contribution < -0.4 is 9.47 Å². The van der Waals surface area contributed by atoms with Crippen molar-refractivity contribution in [2.45, 2.75) is 18.9 Å². The van der Waals surface area contributed by atoms with Crippen LogP contribution in [0.25, 0.3) is 10.8 Å². The summed E-state index contributed by atoms with van der Waals surface area (Å²) in [7, 11) is 1.52. The zero-order chi connectivity index (χ0) is 18.3. The Morgan fingerprint density at radius 2 is 2.00 bits per heavy atom. The number of methoxy groups -OCH3 is 1. The second-order valence-electron chi connectivity index (χ2n) is 6.24. The van der Waals surface area contributed by atoms with Gasteiger partial charge in [0.1, 0.15) is 35.3 Å². The lowest BCUT2D eigenvalue weighted by atomic mass is 9.92. The third-order valence-electron chi connectivity index (χ3n) is 4.76. The van der Waals surface area contributed by atoms with E-state index < -0.39 is 17.7 Å². The van der Waals surface area contributed by atoms with Crippen molar-refractivity contribution in [3.8, 4) is 17.6 Å². The molecule has 0 spiro atoms. The first-order chi connectivity index (χ1) is 12.6. The fourth-order valence-electron chi connectivity index (χ4n) is 3.49. The summed E-state index contributed by atoms with van der Waals surface area (Å²) in [4.78, 5) is 0. The third kappa shape index (κ3) is 2.64. The SMILES string of the molecule is COc1cc2c3c(ccc2cc1C#N)OC(c1cc(F)ccc1F)CC3. The maximum atomic E-state index is 14.1. The van der Waals surface area contributed by atoms with Gasteiger partial charge in [-0.25, -0.2) is 8.78 Å². The van der Waals surface area contributed by atoms with Crippen LogP contribution in [0.4, 0.5) is 8.78 Å². The van der Waals surface area contributed by atoms with Crippen LogP contribution in [0.2, 0.25) is 0 Å². The van der Waals surface area contributed by atoms with Crippen molar-refractivity contribution in [3.05, 3.63) is 70.8 Å². The van der Waals surface area contributed by atoms with Crippen molar-refractivity contribution in [1.29, 1.82) is 5.26 Å². The van der Waals surface area contributed by atoms with E-state index >= 15 is 0 Å². The summed E-state index contributed by atoms with van der Waals surface area (Å²) < 4.78 is 38.8. The van der Waals surface area contributed by atoms with E-state index in [1.165, 1.54) is 13.2 Å². The maximum Gasteiger partial charge on any atom is 0.137 e. The molecule has 0 aliphatic carbocycles. The minimum atomic E-state index is -0.532. The topological polar surface area (TPSA) is 42.2 Å². The molecule has 5 heteroatoms. The average Bonchev–Trinajstić information content (AvgIpc) is 2.68. The number of ether oxygens (including phenoxy) is 2. The van der Waals surface area contributed by atoms with Crippen LogP contribution in [0.3, 0.4) is 0 Å². The fourth-order valence-corrected chi connectivity index (χ4v) is 3.49. The largest absolute Gasteiger partial charge is 0.495 e. The Morgan fingerprint density at radius 1 is 1.15 bits per heavy atom. The standard InChI is InChI=1S/C21H15F2NO2/c1-25-21-10-16-12(8-13(21)11-24)2-6-19-15(16)4-7-20(26-19)17-9-14(22)3-5-18(17)23/h2-3,5-6,8-10,20H,4,7H2,1H3. The first kappa shape index (κ1) is 16.3. The van der Waals surface area contributed by atoms with Crippen LogP contribution >= 0.6 is 0 Å². The number of rotatable bonds is 2. The molecule has 0 radical (unpaired) electrons. The van der Waals surface area contributed by atoms with Gasteiger partial charge in [-0.15, -0.1) is 0 Å². The normalized spacial score (nSPS) is 15.8. The van der Waals surface area contributed by atoms with E-state index in [1.54, 1.807) is 6.07 Å². The number of nitriles is 1. The van der Waals surface area contributed by atoms with Crippen LogP contribution in [-0.2, 0) is 6.42 Å². The summed E-state index contributed by atoms with van der Waals surface area (Å²) >= 11 is 0. The average molecular weight is 351 g/mol. The molecule has 0 amide bonds. The van der Waals surface area contributed by atoms with Gasteiger partial charge in [-0.05, 0) is 60.0 Å². The van der Waals surface area contributed by atoms with E-state index in [4.69, 9.17) is 9.47 Å². The Hall–Kier alpha value is -3.13. The van der Waals surface area contributed by atoms with Crippen molar-refractivity contribution in [2.75, 3.05) is 7.11 Å². The van der Waals surface area contributed by atoms with E-state index in [9.17, 15) is 14.0 Å². The van der Waals surface area contributed by atoms with Crippen molar-refractivity contribution < 1.29 is 18.3 Å². The van der Waals surface area contributed by atoms with Crippen molar-refractivity contribution in [2.24, 2.45) is 0 Å². The van der Waals surface area contributed by atoms with Gasteiger partial charge in [-0.2, -0.15) is 5.26 Å². The van der Waals surface area contributed by atoms with E-state index in [-0.39, 0.29) is 5.56 Å². The highest BCUT2D eigenvalue weighted by Crippen LogP contribution is 2.41. The number of fused-ring (bicyclic) bond motifs is 3. The molecular formula is C21H15F2NO2. The molecule has 1 aliphatic rings. The van der Waals surface area contributed by atoms with Gasteiger partial charge >= 0.3 is 0 Å². The highest BCUT2D eigenvalue weighted by molar-refractivity contribution is 5.90. The molecule has 3 aromatic carbocycles. The van der Waals surface area contributed by atoms with Crippen LogP contribution in [0.5, 0.6) is 11.5 Å². The Kier molecular flexibility index (Phi) is 3.96. The number of benzene rings is 3. The highest BCUT2D eigenvalue weighted by atomic mass is 19.1. The zero-order valence-corrected chi connectivity index (χ0v) is 14.1. The minimum absolute atomic E-state index is 0.230. The molecule has 26 heavy (non-hydrogen) atoms. The second kappa shape index (κ2) is 6.30. The fraction of sp³-hybridized carbons (Fsp3) is 0.190. The number of nitrogens with zero attached hydrogens (tertiary/aromatic N) is 1. The molecule has 0 saturated heterocycles. The van der Waals surface area contributed by atoms with Gasteiger partial charge in [-0.3, -0.25) is 0 Å².